The molecule has 0 aliphatic carbocycles. The summed E-state index contributed by atoms with van der Waals surface area (Å²) < 4.78 is 10.9. The zero-order valence-electron chi connectivity index (χ0n) is 15.3. The van der Waals surface area contributed by atoms with Crippen molar-refractivity contribution in [3.05, 3.63) is 53.4 Å². The number of carbonyl (C=O) groups excluding carboxylic acids is 1. The molecule has 0 saturated carbocycles. The Balaban J connectivity index is 1.42. The molecule has 0 spiro atoms. The van der Waals surface area contributed by atoms with Crippen LogP contribution in [0.2, 0.25) is 0 Å². The lowest BCUT2D eigenvalue weighted by Crippen LogP contribution is -2.41. The highest BCUT2D eigenvalue weighted by molar-refractivity contribution is 7.13. The summed E-state index contributed by atoms with van der Waals surface area (Å²) in [7, 11) is 0. The number of amides is 1. The number of hydrogen-bond acceptors (Lipinski definition) is 6. The molecular weight excluding hydrogens is 362 g/mol. The second-order valence-corrected chi connectivity index (χ2v) is 7.96. The Hall–Kier alpha value is -2.38. The van der Waals surface area contributed by atoms with Crippen molar-refractivity contribution in [2.75, 3.05) is 19.6 Å². The van der Waals surface area contributed by atoms with E-state index < -0.39 is 0 Å². The van der Waals surface area contributed by atoms with E-state index in [-0.39, 0.29) is 11.9 Å². The number of nitrogens with zero attached hydrogens (tertiary/aromatic N) is 2. The van der Waals surface area contributed by atoms with Crippen molar-refractivity contribution in [2.24, 2.45) is 5.92 Å². The van der Waals surface area contributed by atoms with Gasteiger partial charge in [0, 0.05) is 12.6 Å². The van der Waals surface area contributed by atoms with Gasteiger partial charge in [0.25, 0.3) is 5.91 Å². The number of nitrogens with one attached hydrogen (secondary N) is 1. The molecule has 142 valence electrons. The van der Waals surface area contributed by atoms with E-state index in [0.29, 0.717) is 18.0 Å². The van der Waals surface area contributed by atoms with Crippen molar-refractivity contribution >= 4 is 17.2 Å². The summed E-state index contributed by atoms with van der Waals surface area (Å²) >= 11 is 1.55. The predicted molar refractivity (Wildman–Crippen MR) is 104 cm³/mol. The van der Waals surface area contributed by atoms with Gasteiger partial charge in [-0.25, -0.2) is 0 Å². The molecular formula is C20H23N3O3S. The van der Waals surface area contributed by atoms with E-state index in [1.54, 1.807) is 23.7 Å². The fourth-order valence-corrected chi connectivity index (χ4v) is 4.10. The monoisotopic (exact) mass is 385 g/mol. The molecule has 0 radical (unpaired) electrons. The second-order valence-electron chi connectivity index (χ2n) is 7.01. The minimum atomic E-state index is -0.233. The number of thiophene rings is 1. The van der Waals surface area contributed by atoms with Gasteiger partial charge in [0.1, 0.15) is 5.76 Å². The first-order valence-corrected chi connectivity index (χ1v) is 10.1. The summed E-state index contributed by atoms with van der Waals surface area (Å²) in [5, 5.41) is 8.88. The molecule has 1 atom stereocenters. The number of hydrogen-bond donors (Lipinski definition) is 1. The lowest BCUT2D eigenvalue weighted by Gasteiger charge is -2.35. The Labute approximate surface area is 162 Å². The third-order valence-corrected chi connectivity index (χ3v) is 5.98. The summed E-state index contributed by atoms with van der Waals surface area (Å²) in [4.78, 5) is 15.9. The van der Waals surface area contributed by atoms with E-state index in [4.69, 9.17) is 8.94 Å². The first-order valence-electron chi connectivity index (χ1n) is 9.27. The van der Waals surface area contributed by atoms with Gasteiger partial charge in [-0.3, -0.25) is 9.69 Å². The molecule has 1 aliphatic heterocycles. The topological polar surface area (TPSA) is 71.5 Å². The van der Waals surface area contributed by atoms with Crippen LogP contribution in [0.5, 0.6) is 0 Å². The quantitative estimate of drug-likeness (QED) is 0.689. The molecule has 1 N–H and O–H groups in total. The first kappa shape index (κ1) is 18.0. The van der Waals surface area contributed by atoms with Gasteiger partial charge in [0.15, 0.2) is 11.5 Å². The van der Waals surface area contributed by atoms with Gasteiger partial charge in [-0.15, -0.1) is 11.3 Å². The molecule has 3 aromatic rings. The maximum absolute atomic E-state index is 12.6. The lowest BCUT2D eigenvalue weighted by molar-refractivity contribution is 0.0887. The van der Waals surface area contributed by atoms with Crippen LogP contribution >= 0.6 is 11.3 Å². The van der Waals surface area contributed by atoms with Crippen molar-refractivity contribution in [3.63, 3.8) is 0 Å². The van der Waals surface area contributed by atoms with E-state index in [1.165, 1.54) is 12.8 Å². The Bertz CT molecular complexity index is 849. The van der Waals surface area contributed by atoms with Crippen molar-refractivity contribution in [2.45, 2.75) is 25.8 Å². The SMILES string of the molecule is CC1CCN(C(CNC(=O)c2cc(-c3cccs3)on2)c2ccco2)CC1. The molecule has 6 nitrogen and oxygen atoms in total. The fraction of sp³-hybridized carbons (Fsp3) is 0.400. The smallest absolute Gasteiger partial charge is 0.273 e. The molecule has 4 heterocycles. The average Bonchev–Trinajstić information content (AvgIpc) is 3.44. The molecule has 1 saturated heterocycles. The van der Waals surface area contributed by atoms with Gasteiger partial charge in [-0.2, -0.15) is 0 Å². The first-order chi connectivity index (χ1) is 13.2. The summed E-state index contributed by atoms with van der Waals surface area (Å²) in [6, 6.07) is 9.46. The highest BCUT2D eigenvalue weighted by atomic mass is 32.1. The van der Waals surface area contributed by atoms with Crippen LogP contribution < -0.4 is 5.32 Å². The van der Waals surface area contributed by atoms with E-state index >= 15 is 0 Å². The Morgan fingerprint density at radius 3 is 2.93 bits per heavy atom. The highest BCUT2D eigenvalue weighted by Gasteiger charge is 2.27. The van der Waals surface area contributed by atoms with Gasteiger partial charge in [-0.1, -0.05) is 18.1 Å². The number of aromatic nitrogens is 1. The molecule has 1 amide bonds. The van der Waals surface area contributed by atoms with E-state index in [9.17, 15) is 4.79 Å². The van der Waals surface area contributed by atoms with Crippen LogP contribution in [-0.4, -0.2) is 35.6 Å². The van der Waals surface area contributed by atoms with E-state index in [1.807, 2.05) is 29.6 Å². The van der Waals surface area contributed by atoms with Crippen LogP contribution in [0.4, 0.5) is 0 Å². The minimum absolute atomic E-state index is 0.0279. The molecule has 1 aliphatic rings. The number of piperidine rings is 1. The van der Waals surface area contributed by atoms with Gasteiger partial charge < -0.3 is 14.3 Å². The largest absolute Gasteiger partial charge is 0.468 e. The predicted octanol–water partition coefficient (Wildman–Crippen LogP) is 4.20. The van der Waals surface area contributed by atoms with Crippen molar-refractivity contribution in [1.29, 1.82) is 0 Å². The Morgan fingerprint density at radius 2 is 2.22 bits per heavy atom. The summed E-state index contributed by atoms with van der Waals surface area (Å²) in [6.07, 6.45) is 4.01. The van der Waals surface area contributed by atoms with Crippen LogP contribution in [0.1, 0.15) is 42.1 Å². The highest BCUT2D eigenvalue weighted by Crippen LogP contribution is 2.27. The van der Waals surface area contributed by atoms with Crippen LogP contribution in [0.3, 0.4) is 0 Å². The summed E-state index contributed by atoms with van der Waals surface area (Å²) in [6.45, 7) is 4.78. The average molecular weight is 385 g/mol. The third kappa shape index (κ3) is 4.14. The second kappa shape index (κ2) is 8.10. The zero-order valence-corrected chi connectivity index (χ0v) is 16.1. The minimum Gasteiger partial charge on any atom is -0.468 e. The molecule has 7 heteroatoms. The standard InChI is InChI=1S/C20H23N3O3S/c1-14-6-8-23(9-7-14)16(17-4-2-10-25-17)13-21-20(24)15-12-18(26-22-15)19-5-3-11-27-19/h2-5,10-12,14,16H,6-9,13H2,1H3,(H,21,24). The summed E-state index contributed by atoms with van der Waals surface area (Å²) in [5.74, 6) is 2.01. The molecule has 0 aromatic carbocycles. The zero-order chi connectivity index (χ0) is 18.6. The number of rotatable bonds is 6. The van der Waals surface area contributed by atoms with Crippen LogP contribution in [0, 0.1) is 5.92 Å². The molecule has 1 unspecified atom stereocenters. The molecule has 1 fully saturated rings. The van der Waals surface area contributed by atoms with Crippen molar-refractivity contribution in [1.82, 2.24) is 15.4 Å². The lowest BCUT2D eigenvalue weighted by atomic mass is 9.97. The number of carbonyl (C=O) groups is 1. The molecule has 27 heavy (non-hydrogen) atoms. The maximum Gasteiger partial charge on any atom is 0.273 e. The van der Waals surface area contributed by atoms with Gasteiger partial charge in [-0.05, 0) is 55.4 Å². The summed E-state index contributed by atoms with van der Waals surface area (Å²) in [5.41, 5.74) is 0.295. The van der Waals surface area contributed by atoms with Crippen molar-refractivity contribution < 1.29 is 13.7 Å². The Kier molecular flexibility index (Phi) is 5.40. The third-order valence-electron chi connectivity index (χ3n) is 5.09. The van der Waals surface area contributed by atoms with Crippen LogP contribution in [0.25, 0.3) is 10.6 Å². The normalized spacial score (nSPS) is 17.1. The van der Waals surface area contributed by atoms with Crippen LogP contribution in [0.15, 0.2) is 50.9 Å². The molecule has 0 bridgehead atoms. The maximum atomic E-state index is 12.6. The van der Waals surface area contributed by atoms with E-state index in [2.05, 4.69) is 22.3 Å². The van der Waals surface area contributed by atoms with Gasteiger partial charge in [0.2, 0.25) is 0 Å². The Morgan fingerprint density at radius 1 is 1.37 bits per heavy atom. The fourth-order valence-electron chi connectivity index (χ4n) is 3.43. The van der Waals surface area contributed by atoms with Gasteiger partial charge >= 0.3 is 0 Å². The van der Waals surface area contributed by atoms with Gasteiger partial charge in [0.05, 0.1) is 17.2 Å². The van der Waals surface area contributed by atoms with E-state index in [0.717, 1.165) is 29.6 Å². The van der Waals surface area contributed by atoms with Crippen LogP contribution in [-0.2, 0) is 0 Å². The van der Waals surface area contributed by atoms with Crippen molar-refractivity contribution in [3.8, 4) is 10.6 Å². The number of likely N-dealkylation sites (tertiary alicyclic amines) is 1. The molecule has 4 rings (SSSR count). The number of furan rings is 1. The molecule has 3 aromatic heterocycles.